The van der Waals surface area contributed by atoms with Crippen LogP contribution in [0, 0.1) is 5.92 Å². The first-order valence-corrected chi connectivity index (χ1v) is 8.53. The number of amides is 1. The molecule has 0 unspecified atom stereocenters. The van der Waals surface area contributed by atoms with E-state index in [1.54, 1.807) is 0 Å². The minimum Gasteiger partial charge on any atom is -0.368 e. The number of rotatable bonds is 5. The van der Waals surface area contributed by atoms with Crippen molar-refractivity contribution in [3.63, 3.8) is 0 Å². The van der Waals surface area contributed by atoms with Gasteiger partial charge in [0, 0.05) is 32.6 Å². The topological polar surface area (TPSA) is 57.3 Å². The molecule has 1 aromatic rings. The molecule has 2 fully saturated rings. The number of carbonyl (C=O) groups is 1. The summed E-state index contributed by atoms with van der Waals surface area (Å²) in [6.07, 6.45) is 8.76. The van der Waals surface area contributed by atoms with E-state index in [0.717, 1.165) is 44.2 Å². The molecule has 2 N–H and O–H groups in total. The second-order valence-electron chi connectivity index (χ2n) is 6.38. The number of nitrogens with zero attached hydrogens (tertiary/aromatic N) is 2. The summed E-state index contributed by atoms with van der Waals surface area (Å²) >= 11 is 0. The highest BCUT2D eigenvalue weighted by Gasteiger charge is 2.16. The third-order valence-corrected chi connectivity index (χ3v) is 4.75. The normalized spacial score (nSPS) is 19.4. The van der Waals surface area contributed by atoms with Crippen molar-refractivity contribution in [2.24, 2.45) is 5.92 Å². The van der Waals surface area contributed by atoms with Crippen LogP contribution in [0.1, 0.15) is 38.5 Å². The first kappa shape index (κ1) is 15.3. The van der Waals surface area contributed by atoms with E-state index >= 15 is 0 Å². The van der Waals surface area contributed by atoms with Crippen LogP contribution in [0.5, 0.6) is 0 Å². The van der Waals surface area contributed by atoms with Crippen molar-refractivity contribution in [3.05, 3.63) is 18.3 Å². The van der Waals surface area contributed by atoms with Crippen molar-refractivity contribution in [2.45, 2.75) is 38.5 Å². The highest BCUT2D eigenvalue weighted by Crippen LogP contribution is 2.28. The minimum absolute atomic E-state index is 0.0920. The molecule has 22 heavy (non-hydrogen) atoms. The zero-order valence-corrected chi connectivity index (χ0v) is 13.2. The van der Waals surface area contributed by atoms with Gasteiger partial charge < -0.3 is 15.5 Å². The zero-order chi connectivity index (χ0) is 15.2. The Bertz CT molecular complexity index is 476. The van der Waals surface area contributed by atoms with Gasteiger partial charge in [0.2, 0.25) is 5.91 Å². The van der Waals surface area contributed by atoms with E-state index in [9.17, 15) is 4.79 Å². The summed E-state index contributed by atoms with van der Waals surface area (Å²) in [6.45, 7) is 4.04. The van der Waals surface area contributed by atoms with Crippen molar-refractivity contribution in [1.29, 1.82) is 0 Å². The van der Waals surface area contributed by atoms with Gasteiger partial charge in [-0.25, -0.2) is 4.98 Å². The lowest BCUT2D eigenvalue weighted by molar-refractivity contribution is -0.116. The van der Waals surface area contributed by atoms with Gasteiger partial charge in [-0.3, -0.25) is 4.79 Å². The molecule has 1 aromatic heterocycles. The first-order valence-electron chi connectivity index (χ1n) is 8.53. The number of hydrogen-bond acceptors (Lipinski definition) is 4. The maximum atomic E-state index is 12.0. The van der Waals surface area contributed by atoms with Gasteiger partial charge in [0.15, 0.2) is 0 Å². The van der Waals surface area contributed by atoms with Crippen molar-refractivity contribution in [1.82, 2.24) is 10.3 Å². The lowest BCUT2D eigenvalue weighted by Crippen LogP contribution is -2.43. The third kappa shape index (κ3) is 4.19. The summed E-state index contributed by atoms with van der Waals surface area (Å²) < 4.78 is 0. The van der Waals surface area contributed by atoms with Gasteiger partial charge in [0.05, 0.1) is 11.9 Å². The first-order chi connectivity index (χ1) is 10.8. The van der Waals surface area contributed by atoms with E-state index in [1.807, 2.05) is 18.3 Å². The van der Waals surface area contributed by atoms with Crippen LogP contribution >= 0.6 is 0 Å². The van der Waals surface area contributed by atoms with Crippen LogP contribution in [0.4, 0.5) is 11.5 Å². The maximum absolute atomic E-state index is 12.0. The monoisotopic (exact) mass is 302 g/mol. The summed E-state index contributed by atoms with van der Waals surface area (Å²) in [5, 5.41) is 6.26. The van der Waals surface area contributed by atoms with Gasteiger partial charge in [-0.1, -0.05) is 25.7 Å². The van der Waals surface area contributed by atoms with Crippen LogP contribution in [0.3, 0.4) is 0 Å². The molecule has 1 aliphatic carbocycles. The average Bonchev–Trinajstić information content (AvgIpc) is 3.08. The fourth-order valence-corrected chi connectivity index (χ4v) is 3.41. The summed E-state index contributed by atoms with van der Waals surface area (Å²) in [5.41, 5.74) is 1.13. The van der Waals surface area contributed by atoms with Gasteiger partial charge in [-0.2, -0.15) is 0 Å². The SMILES string of the molecule is O=C(CCC1CCCC1)Nc1ccc(N2CCNCC2)cn1. The number of nitrogens with one attached hydrogen (secondary N) is 2. The molecule has 0 atom stereocenters. The second-order valence-corrected chi connectivity index (χ2v) is 6.38. The number of anilines is 2. The van der Waals surface area contributed by atoms with E-state index in [4.69, 9.17) is 0 Å². The molecule has 3 rings (SSSR count). The molecule has 2 heterocycles. The second kappa shape index (κ2) is 7.58. The molecule has 1 saturated heterocycles. The van der Waals surface area contributed by atoms with Crippen molar-refractivity contribution >= 4 is 17.4 Å². The lowest BCUT2D eigenvalue weighted by atomic mass is 10.0. The standard InChI is InChI=1S/C17H26N4O/c22-17(8-5-14-3-1-2-4-14)20-16-7-6-15(13-19-16)21-11-9-18-10-12-21/h6-7,13-14,18H,1-5,8-12H2,(H,19,20,22). The Morgan fingerprint density at radius 1 is 1.27 bits per heavy atom. The van der Waals surface area contributed by atoms with Crippen molar-refractivity contribution in [3.8, 4) is 0 Å². The molecule has 0 aromatic carbocycles. The predicted molar refractivity (Wildman–Crippen MR) is 89.1 cm³/mol. The van der Waals surface area contributed by atoms with Gasteiger partial charge in [-0.15, -0.1) is 0 Å². The highest BCUT2D eigenvalue weighted by atomic mass is 16.1. The molecule has 0 radical (unpaired) electrons. The Morgan fingerprint density at radius 3 is 2.73 bits per heavy atom. The average molecular weight is 302 g/mol. The van der Waals surface area contributed by atoms with Crippen LogP contribution in [-0.4, -0.2) is 37.1 Å². The van der Waals surface area contributed by atoms with E-state index in [-0.39, 0.29) is 5.91 Å². The summed E-state index contributed by atoms with van der Waals surface area (Å²) in [4.78, 5) is 18.7. The smallest absolute Gasteiger partial charge is 0.225 e. The zero-order valence-electron chi connectivity index (χ0n) is 13.2. The number of piperazine rings is 1. The maximum Gasteiger partial charge on any atom is 0.225 e. The fraction of sp³-hybridized carbons (Fsp3) is 0.647. The number of pyridine rings is 1. The fourth-order valence-electron chi connectivity index (χ4n) is 3.41. The summed E-state index contributed by atoms with van der Waals surface area (Å²) in [6, 6.07) is 3.95. The Balaban J connectivity index is 1.46. The molecule has 0 bridgehead atoms. The van der Waals surface area contributed by atoms with E-state index in [0.29, 0.717) is 12.2 Å². The molecule has 1 saturated carbocycles. The number of aromatic nitrogens is 1. The van der Waals surface area contributed by atoms with Gasteiger partial charge in [0.1, 0.15) is 5.82 Å². The van der Waals surface area contributed by atoms with Gasteiger partial charge in [-0.05, 0) is 24.5 Å². The largest absolute Gasteiger partial charge is 0.368 e. The Hall–Kier alpha value is -1.62. The lowest BCUT2D eigenvalue weighted by Gasteiger charge is -2.29. The molecule has 5 heteroatoms. The molecule has 5 nitrogen and oxygen atoms in total. The molecular weight excluding hydrogens is 276 g/mol. The Morgan fingerprint density at radius 2 is 2.05 bits per heavy atom. The predicted octanol–water partition coefficient (Wildman–Crippen LogP) is 2.40. The van der Waals surface area contributed by atoms with Crippen LogP contribution < -0.4 is 15.5 Å². The Labute approximate surface area is 132 Å². The van der Waals surface area contributed by atoms with E-state index in [1.165, 1.54) is 25.7 Å². The quantitative estimate of drug-likeness (QED) is 0.877. The van der Waals surface area contributed by atoms with Crippen LogP contribution in [0.2, 0.25) is 0 Å². The minimum atomic E-state index is 0.0920. The third-order valence-electron chi connectivity index (χ3n) is 4.75. The van der Waals surface area contributed by atoms with Gasteiger partial charge in [0.25, 0.3) is 0 Å². The van der Waals surface area contributed by atoms with E-state index < -0.39 is 0 Å². The number of hydrogen-bond donors (Lipinski definition) is 2. The van der Waals surface area contributed by atoms with Crippen molar-refractivity contribution < 1.29 is 4.79 Å². The number of carbonyl (C=O) groups excluding carboxylic acids is 1. The summed E-state index contributed by atoms with van der Waals surface area (Å²) in [5.74, 6) is 1.51. The van der Waals surface area contributed by atoms with E-state index in [2.05, 4.69) is 20.5 Å². The van der Waals surface area contributed by atoms with Crippen molar-refractivity contribution in [2.75, 3.05) is 36.4 Å². The molecule has 2 aliphatic rings. The molecule has 1 amide bonds. The summed E-state index contributed by atoms with van der Waals surface area (Å²) in [7, 11) is 0. The van der Waals surface area contributed by atoms with Crippen LogP contribution in [-0.2, 0) is 4.79 Å². The molecule has 0 spiro atoms. The van der Waals surface area contributed by atoms with Crippen LogP contribution in [0.25, 0.3) is 0 Å². The molecule has 120 valence electrons. The molecule has 1 aliphatic heterocycles. The Kier molecular flexibility index (Phi) is 5.27. The highest BCUT2D eigenvalue weighted by molar-refractivity contribution is 5.89. The van der Waals surface area contributed by atoms with Crippen LogP contribution in [0.15, 0.2) is 18.3 Å². The molecular formula is C17H26N4O. The van der Waals surface area contributed by atoms with Gasteiger partial charge >= 0.3 is 0 Å².